The quantitative estimate of drug-likeness (QED) is 0.882. The van der Waals surface area contributed by atoms with Gasteiger partial charge in [-0.15, -0.1) is 17.5 Å². The van der Waals surface area contributed by atoms with Crippen molar-refractivity contribution in [3.63, 3.8) is 0 Å². The number of halogens is 2. The van der Waals surface area contributed by atoms with Gasteiger partial charge in [0.15, 0.2) is 0 Å². The second-order valence-corrected chi connectivity index (χ2v) is 6.00. The average molecular weight is 354 g/mol. The van der Waals surface area contributed by atoms with E-state index in [2.05, 4.69) is 20.7 Å². The molecule has 1 unspecified atom stereocenters. The molecule has 130 valence electrons. The molecule has 0 radical (unpaired) electrons. The number of nitrogens with zero attached hydrogens (tertiary/aromatic N) is 3. The molecule has 1 atom stereocenters. The molecular weight excluding hydrogens is 333 g/mol. The minimum absolute atomic E-state index is 0. The lowest BCUT2D eigenvalue weighted by atomic mass is 10.2. The normalized spacial score (nSPS) is 16.9. The summed E-state index contributed by atoms with van der Waals surface area (Å²) in [7, 11) is 0. The highest BCUT2D eigenvalue weighted by Gasteiger charge is 2.23. The van der Waals surface area contributed by atoms with Crippen molar-refractivity contribution < 1.29 is 9.18 Å². The van der Waals surface area contributed by atoms with Crippen LogP contribution in [0, 0.1) is 5.82 Å². The van der Waals surface area contributed by atoms with Gasteiger partial charge in [-0.3, -0.25) is 4.79 Å². The first-order valence-electron chi connectivity index (χ1n) is 7.79. The minimum atomic E-state index is -0.351. The van der Waals surface area contributed by atoms with Gasteiger partial charge >= 0.3 is 0 Å². The maximum atomic E-state index is 13.5. The van der Waals surface area contributed by atoms with Crippen molar-refractivity contribution in [3.05, 3.63) is 41.7 Å². The third kappa shape index (κ3) is 3.91. The molecule has 1 aromatic carbocycles. The van der Waals surface area contributed by atoms with Crippen LogP contribution in [0.15, 0.2) is 24.3 Å². The lowest BCUT2D eigenvalue weighted by molar-refractivity contribution is 0.0929. The predicted octanol–water partition coefficient (Wildman–Crippen LogP) is 2.04. The molecule has 1 aliphatic heterocycles. The van der Waals surface area contributed by atoms with Crippen molar-refractivity contribution in [1.29, 1.82) is 0 Å². The number of hydrogen-bond acceptors (Lipinski definition) is 4. The van der Waals surface area contributed by atoms with Gasteiger partial charge in [0, 0.05) is 18.5 Å². The van der Waals surface area contributed by atoms with E-state index in [4.69, 9.17) is 0 Å². The van der Waals surface area contributed by atoms with E-state index in [0.29, 0.717) is 11.5 Å². The van der Waals surface area contributed by atoms with Crippen LogP contribution in [0.5, 0.6) is 0 Å². The molecule has 1 fully saturated rings. The molecule has 2 heterocycles. The summed E-state index contributed by atoms with van der Waals surface area (Å²) in [6.45, 7) is 5.57. The Kier molecular flexibility index (Phi) is 5.90. The monoisotopic (exact) mass is 353 g/mol. The highest BCUT2D eigenvalue weighted by atomic mass is 35.5. The van der Waals surface area contributed by atoms with Gasteiger partial charge in [-0.05, 0) is 31.2 Å². The molecule has 1 aromatic heterocycles. The zero-order chi connectivity index (χ0) is 16.4. The maximum absolute atomic E-state index is 13.5. The topological polar surface area (TPSA) is 71.8 Å². The van der Waals surface area contributed by atoms with Gasteiger partial charge in [0.2, 0.25) is 5.82 Å². The zero-order valence-electron chi connectivity index (χ0n) is 13.6. The van der Waals surface area contributed by atoms with E-state index >= 15 is 0 Å². The van der Waals surface area contributed by atoms with E-state index in [-0.39, 0.29) is 41.9 Å². The van der Waals surface area contributed by atoms with E-state index in [1.807, 2.05) is 13.8 Å². The van der Waals surface area contributed by atoms with E-state index in [0.717, 1.165) is 19.5 Å². The molecular formula is C16H21ClFN5O. The van der Waals surface area contributed by atoms with E-state index in [9.17, 15) is 9.18 Å². The molecule has 0 bridgehead atoms. The van der Waals surface area contributed by atoms with Crippen LogP contribution in [0.2, 0.25) is 0 Å². The number of aromatic nitrogens is 3. The molecule has 1 aliphatic rings. The number of rotatable bonds is 4. The Balaban J connectivity index is 0.00000208. The van der Waals surface area contributed by atoms with Crippen LogP contribution in [0.3, 0.4) is 0 Å². The van der Waals surface area contributed by atoms with Gasteiger partial charge in [-0.25, -0.2) is 14.1 Å². The Morgan fingerprint density at radius 2 is 2.25 bits per heavy atom. The van der Waals surface area contributed by atoms with Crippen molar-refractivity contribution in [3.8, 4) is 5.69 Å². The van der Waals surface area contributed by atoms with Gasteiger partial charge in [-0.1, -0.05) is 19.9 Å². The number of benzene rings is 1. The Hall–Kier alpha value is -1.99. The van der Waals surface area contributed by atoms with Crippen LogP contribution >= 0.6 is 12.4 Å². The minimum Gasteiger partial charge on any atom is -0.345 e. The molecule has 1 saturated heterocycles. The fourth-order valence-electron chi connectivity index (χ4n) is 2.62. The predicted molar refractivity (Wildman–Crippen MR) is 91.4 cm³/mol. The van der Waals surface area contributed by atoms with Crippen LogP contribution < -0.4 is 10.6 Å². The summed E-state index contributed by atoms with van der Waals surface area (Å²) >= 11 is 0. The van der Waals surface area contributed by atoms with Gasteiger partial charge in [0.1, 0.15) is 11.6 Å². The fourth-order valence-corrected chi connectivity index (χ4v) is 2.62. The molecule has 6 nitrogen and oxygen atoms in total. The second kappa shape index (κ2) is 7.72. The molecule has 2 N–H and O–H groups in total. The Morgan fingerprint density at radius 3 is 2.88 bits per heavy atom. The molecule has 24 heavy (non-hydrogen) atoms. The summed E-state index contributed by atoms with van der Waals surface area (Å²) in [5, 5.41) is 10.4. The fraction of sp³-hybridized carbons (Fsp3) is 0.438. The van der Waals surface area contributed by atoms with Crippen LogP contribution in [-0.2, 0) is 0 Å². The molecule has 0 spiro atoms. The lowest BCUT2D eigenvalue weighted by Gasteiger charge is -2.08. The SMILES string of the molecule is CC(C)c1nc(C(=O)NC2CCNC2)nn1-c1cccc(F)c1.Cl. The first kappa shape index (κ1) is 18.4. The Bertz CT molecular complexity index is 712. The second-order valence-electron chi connectivity index (χ2n) is 6.00. The van der Waals surface area contributed by atoms with Gasteiger partial charge < -0.3 is 10.6 Å². The molecule has 2 aromatic rings. The first-order chi connectivity index (χ1) is 11.0. The molecule has 0 saturated carbocycles. The Morgan fingerprint density at radius 1 is 1.46 bits per heavy atom. The van der Waals surface area contributed by atoms with E-state index in [1.165, 1.54) is 16.8 Å². The van der Waals surface area contributed by atoms with Crippen molar-refractivity contribution >= 4 is 18.3 Å². The summed E-state index contributed by atoms with van der Waals surface area (Å²) in [6, 6.07) is 6.21. The van der Waals surface area contributed by atoms with Crippen LogP contribution in [-0.4, -0.2) is 39.8 Å². The molecule has 3 rings (SSSR count). The molecule has 1 amide bonds. The van der Waals surface area contributed by atoms with Crippen molar-refractivity contribution in [1.82, 2.24) is 25.4 Å². The number of amides is 1. The smallest absolute Gasteiger partial charge is 0.291 e. The Labute approximate surface area is 146 Å². The standard InChI is InChI=1S/C16H20FN5O.ClH/c1-10(2)15-20-14(16(23)19-12-6-7-18-9-12)21-22(15)13-5-3-4-11(17)8-13;/h3-5,8,10,12,18H,6-7,9H2,1-2H3,(H,19,23);1H. The van der Waals surface area contributed by atoms with E-state index in [1.54, 1.807) is 12.1 Å². The summed E-state index contributed by atoms with van der Waals surface area (Å²) in [4.78, 5) is 16.7. The number of hydrogen-bond donors (Lipinski definition) is 2. The third-order valence-corrected chi connectivity index (χ3v) is 3.80. The van der Waals surface area contributed by atoms with Gasteiger partial charge in [-0.2, -0.15) is 0 Å². The van der Waals surface area contributed by atoms with Crippen LogP contribution in [0.4, 0.5) is 4.39 Å². The summed E-state index contributed by atoms with van der Waals surface area (Å²) in [5.74, 6) is 0.155. The van der Waals surface area contributed by atoms with Gasteiger partial charge in [0.25, 0.3) is 5.91 Å². The average Bonchev–Trinajstić information content (AvgIpc) is 3.16. The molecule has 0 aliphatic carbocycles. The van der Waals surface area contributed by atoms with Crippen LogP contribution in [0.1, 0.15) is 42.6 Å². The van der Waals surface area contributed by atoms with E-state index < -0.39 is 0 Å². The summed E-state index contributed by atoms with van der Waals surface area (Å²) in [5.41, 5.74) is 0.558. The van der Waals surface area contributed by atoms with Crippen molar-refractivity contribution in [2.75, 3.05) is 13.1 Å². The molecule has 8 heteroatoms. The van der Waals surface area contributed by atoms with Gasteiger partial charge in [0.05, 0.1) is 5.69 Å². The maximum Gasteiger partial charge on any atom is 0.291 e. The highest BCUT2D eigenvalue weighted by molar-refractivity contribution is 5.90. The number of carbonyl (C=O) groups excluding carboxylic acids is 1. The highest BCUT2D eigenvalue weighted by Crippen LogP contribution is 2.18. The zero-order valence-corrected chi connectivity index (χ0v) is 14.4. The third-order valence-electron chi connectivity index (χ3n) is 3.80. The van der Waals surface area contributed by atoms with Crippen LogP contribution in [0.25, 0.3) is 5.69 Å². The summed E-state index contributed by atoms with van der Waals surface area (Å²) < 4.78 is 15.0. The first-order valence-corrected chi connectivity index (χ1v) is 7.79. The summed E-state index contributed by atoms with van der Waals surface area (Å²) in [6.07, 6.45) is 0.896. The largest absolute Gasteiger partial charge is 0.345 e. The van der Waals surface area contributed by atoms with Crippen molar-refractivity contribution in [2.45, 2.75) is 32.2 Å². The van der Waals surface area contributed by atoms with Crippen molar-refractivity contribution in [2.24, 2.45) is 0 Å². The lowest BCUT2D eigenvalue weighted by Crippen LogP contribution is -2.36. The number of nitrogens with one attached hydrogen (secondary N) is 2. The number of carbonyl (C=O) groups is 1.